The van der Waals surface area contributed by atoms with Gasteiger partial charge in [-0.05, 0) is 54.1 Å². The highest BCUT2D eigenvalue weighted by molar-refractivity contribution is 6.31. The van der Waals surface area contributed by atoms with Crippen LogP contribution in [0, 0.1) is 5.82 Å². The Morgan fingerprint density at radius 3 is 2.63 bits per heavy atom. The number of nitrogens with one attached hydrogen (secondary N) is 1. The Morgan fingerprint density at radius 1 is 0.933 bits per heavy atom. The third-order valence-electron chi connectivity index (χ3n) is 4.65. The van der Waals surface area contributed by atoms with E-state index in [-0.39, 0.29) is 5.02 Å². The maximum atomic E-state index is 13.6. The Balaban J connectivity index is 1.68. The highest BCUT2D eigenvalue weighted by Crippen LogP contribution is 2.32. The van der Waals surface area contributed by atoms with Crippen molar-refractivity contribution < 1.29 is 8.81 Å². The number of aromatic nitrogens is 3. The molecule has 0 aliphatic carbocycles. The van der Waals surface area contributed by atoms with E-state index in [0.29, 0.717) is 17.3 Å². The molecule has 0 unspecified atom stereocenters. The lowest BCUT2D eigenvalue weighted by molar-refractivity contribution is 0.568. The number of rotatable bonds is 4. The predicted octanol–water partition coefficient (Wildman–Crippen LogP) is 6.49. The third kappa shape index (κ3) is 3.49. The highest BCUT2D eigenvalue weighted by Gasteiger charge is 2.13. The summed E-state index contributed by atoms with van der Waals surface area (Å²) in [5.41, 5.74) is 4.08. The van der Waals surface area contributed by atoms with Gasteiger partial charge in [0.1, 0.15) is 11.6 Å². The largest absolute Gasteiger partial charge is 0.472 e. The predicted molar refractivity (Wildman–Crippen MR) is 115 cm³/mol. The van der Waals surface area contributed by atoms with Crippen LogP contribution in [-0.2, 0) is 0 Å². The van der Waals surface area contributed by atoms with Crippen molar-refractivity contribution in [3.63, 3.8) is 0 Å². The number of fused-ring (bicyclic) bond motifs is 1. The van der Waals surface area contributed by atoms with E-state index in [1.54, 1.807) is 31.0 Å². The Morgan fingerprint density at radius 2 is 1.87 bits per heavy atom. The number of pyridine rings is 1. The van der Waals surface area contributed by atoms with Gasteiger partial charge >= 0.3 is 0 Å². The summed E-state index contributed by atoms with van der Waals surface area (Å²) in [5.74, 6) is 0.627. The van der Waals surface area contributed by atoms with Gasteiger partial charge in [0.2, 0.25) is 0 Å². The second-order valence-electron chi connectivity index (χ2n) is 6.64. The highest BCUT2D eigenvalue weighted by atomic mass is 35.5. The maximum absolute atomic E-state index is 13.6. The third-order valence-corrected chi connectivity index (χ3v) is 4.94. The fourth-order valence-corrected chi connectivity index (χ4v) is 3.35. The van der Waals surface area contributed by atoms with Gasteiger partial charge in [-0.3, -0.25) is 4.98 Å². The van der Waals surface area contributed by atoms with Crippen LogP contribution in [0.3, 0.4) is 0 Å². The van der Waals surface area contributed by atoms with Crippen molar-refractivity contribution in [2.45, 2.75) is 0 Å². The molecule has 0 atom stereocenters. The Hall–Kier alpha value is -3.77. The molecule has 0 bridgehead atoms. The first-order valence-electron chi connectivity index (χ1n) is 9.14. The van der Waals surface area contributed by atoms with Crippen molar-refractivity contribution in [1.29, 1.82) is 0 Å². The van der Waals surface area contributed by atoms with Crippen LogP contribution in [0.4, 0.5) is 15.9 Å². The summed E-state index contributed by atoms with van der Waals surface area (Å²) in [6.45, 7) is 0. The summed E-state index contributed by atoms with van der Waals surface area (Å²) in [7, 11) is 0. The summed E-state index contributed by atoms with van der Waals surface area (Å²) >= 11 is 5.95. The molecule has 0 radical (unpaired) electrons. The van der Waals surface area contributed by atoms with Crippen LogP contribution in [0.25, 0.3) is 33.4 Å². The molecule has 0 spiro atoms. The molecule has 0 aliphatic rings. The molecular weight excluding hydrogens is 403 g/mol. The molecule has 1 N–H and O–H groups in total. The number of nitrogens with zero attached hydrogens (tertiary/aromatic N) is 3. The van der Waals surface area contributed by atoms with E-state index in [9.17, 15) is 4.39 Å². The topological polar surface area (TPSA) is 63.8 Å². The second kappa shape index (κ2) is 7.57. The number of halogens is 2. The molecule has 30 heavy (non-hydrogen) atoms. The van der Waals surface area contributed by atoms with Gasteiger partial charge in [0.25, 0.3) is 0 Å². The zero-order chi connectivity index (χ0) is 20.5. The van der Waals surface area contributed by atoms with Gasteiger partial charge in [0.05, 0.1) is 23.1 Å². The monoisotopic (exact) mass is 416 g/mol. The summed E-state index contributed by atoms with van der Waals surface area (Å²) in [5, 5.41) is 4.09. The van der Waals surface area contributed by atoms with Gasteiger partial charge in [-0.15, -0.1) is 0 Å². The van der Waals surface area contributed by atoms with Crippen LogP contribution >= 0.6 is 11.6 Å². The van der Waals surface area contributed by atoms with Crippen LogP contribution in [0.15, 0.2) is 83.9 Å². The van der Waals surface area contributed by atoms with Crippen LogP contribution in [0.2, 0.25) is 5.02 Å². The lowest BCUT2D eigenvalue weighted by Gasteiger charge is -2.12. The van der Waals surface area contributed by atoms with Crippen LogP contribution in [0.5, 0.6) is 0 Å². The minimum Gasteiger partial charge on any atom is -0.472 e. The molecular formula is C23H14ClFN4O. The molecule has 0 amide bonds. The number of hydrogen-bond acceptors (Lipinski definition) is 5. The number of benzene rings is 2. The van der Waals surface area contributed by atoms with Crippen LogP contribution in [-0.4, -0.2) is 15.0 Å². The van der Waals surface area contributed by atoms with Gasteiger partial charge in [0, 0.05) is 34.6 Å². The van der Waals surface area contributed by atoms with E-state index in [1.165, 1.54) is 12.1 Å². The van der Waals surface area contributed by atoms with Gasteiger partial charge in [-0.1, -0.05) is 17.7 Å². The van der Waals surface area contributed by atoms with Crippen molar-refractivity contribution in [2.75, 3.05) is 5.32 Å². The van der Waals surface area contributed by atoms with Crippen molar-refractivity contribution in [3.05, 3.63) is 90.4 Å². The molecule has 7 heteroatoms. The smallest absolute Gasteiger partial charge is 0.163 e. The number of hydrogen-bond donors (Lipinski definition) is 1. The quantitative estimate of drug-likeness (QED) is 0.363. The summed E-state index contributed by atoms with van der Waals surface area (Å²) < 4.78 is 18.8. The number of anilines is 2. The molecule has 0 fully saturated rings. The van der Waals surface area contributed by atoms with E-state index in [1.807, 2.05) is 36.4 Å². The Kier molecular flexibility index (Phi) is 4.61. The van der Waals surface area contributed by atoms with Gasteiger partial charge in [-0.25, -0.2) is 14.4 Å². The van der Waals surface area contributed by atoms with E-state index in [4.69, 9.17) is 26.0 Å². The van der Waals surface area contributed by atoms with Crippen molar-refractivity contribution in [2.24, 2.45) is 0 Å². The lowest BCUT2D eigenvalue weighted by atomic mass is 10.1. The molecule has 0 saturated carbocycles. The maximum Gasteiger partial charge on any atom is 0.163 e. The molecule has 2 aromatic carbocycles. The number of furan rings is 1. The SMILES string of the molecule is Fc1ccc(Nc2nc(-c3cccnc3)nc3ccc(-c4ccoc4)cc23)cc1Cl. The summed E-state index contributed by atoms with van der Waals surface area (Å²) in [6.07, 6.45) is 6.71. The fraction of sp³-hybridized carbons (Fsp3) is 0. The zero-order valence-electron chi connectivity index (χ0n) is 15.5. The minimum absolute atomic E-state index is 0.0323. The van der Waals surface area contributed by atoms with Crippen molar-refractivity contribution in [3.8, 4) is 22.5 Å². The van der Waals surface area contributed by atoms with Crippen molar-refractivity contribution >= 4 is 34.0 Å². The van der Waals surface area contributed by atoms with E-state index in [2.05, 4.69) is 10.3 Å². The first-order valence-corrected chi connectivity index (χ1v) is 9.52. The van der Waals surface area contributed by atoms with Gasteiger partial charge in [0.15, 0.2) is 5.82 Å². The summed E-state index contributed by atoms with van der Waals surface area (Å²) in [4.78, 5) is 13.6. The van der Waals surface area contributed by atoms with Gasteiger partial charge in [-0.2, -0.15) is 0 Å². The van der Waals surface area contributed by atoms with E-state index < -0.39 is 5.82 Å². The Bertz CT molecular complexity index is 1340. The fourth-order valence-electron chi connectivity index (χ4n) is 3.17. The molecule has 5 aromatic rings. The average Bonchev–Trinajstić information content (AvgIpc) is 3.31. The molecule has 0 saturated heterocycles. The molecule has 146 valence electrons. The summed E-state index contributed by atoms with van der Waals surface area (Å²) in [6, 6.07) is 16.0. The molecule has 5 nitrogen and oxygen atoms in total. The van der Waals surface area contributed by atoms with E-state index in [0.717, 1.165) is 27.6 Å². The Labute approximate surface area is 176 Å². The van der Waals surface area contributed by atoms with Crippen LogP contribution < -0.4 is 5.32 Å². The molecule has 0 aliphatic heterocycles. The lowest BCUT2D eigenvalue weighted by Crippen LogP contribution is -2.00. The first kappa shape index (κ1) is 18.3. The first-order chi connectivity index (χ1) is 14.7. The normalized spacial score (nSPS) is 11.0. The second-order valence-corrected chi connectivity index (χ2v) is 7.04. The molecule has 5 rings (SSSR count). The minimum atomic E-state index is -0.479. The van der Waals surface area contributed by atoms with Crippen LogP contribution in [0.1, 0.15) is 0 Å². The standard InChI is InChI=1S/C23H14ClFN4O/c24-19-11-17(4-5-20(19)25)27-23-18-10-14(16-7-9-30-13-16)3-6-21(18)28-22(29-23)15-2-1-8-26-12-15/h1-13H,(H,27,28,29). The molecule has 3 heterocycles. The zero-order valence-corrected chi connectivity index (χ0v) is 16.3. The van der Waals surface area contributed by atoms with E-state index >= 15 is 0 Å². The van der Waals surface area contributed by atoms with Gasteiger partial charge < -0.3 is 9.73 Å². The van der Waals surface area contributed by atoms with Crippen molar-refractivity contribution in [1.82, 2.24) is 15.0 Å². The molecule has 3 aromatic heterocycles. The average molecular weight is 417 g/mol.